The van der Waals surface area contributed by atoms with Gasteiger partial charge < -0.3 is 15.2 Å². The van der Waals surface area contributed by atoms with Crippen molar-refractivity contribution in [1.82, 2.24) is 0 Å². The SMILES string of the molecule is COC(=O)CN1C(=O)[C@@]2(C(C#N)=C(N)OC3=C2C(=O)CC(C)(C)C3)c2ccccc21. The van der Waals surface area contributed by atoms with Gasteiger partial charge in [0.2, 0.25) is 11.8 Å². The highest BCUT2D eigenvalue weighted by Gasteiger charge is 2.63. The molecule has 2 heterocycles. The van der Waals surface area contributed by atoms with Gasteiger partial charge in [0.05, 0.1) is 12.7 Å². The average Bonchev–Trinajstić information content (AvgIpc) is 2.90. The molecule has 0 saturated heterocycles. The minimum absolute atomic E-state index is 0.136. The number of Topliss-reactive ketones (excluding diaryl/α,β-unsaturated/α-hetero) is 1. The molecule has 30 heavy (non-hydrogen) atoms. The number of hydrogen-bond donors (Lipinski definition) is 1. The number of fused-ring (bicyclic) bond motifs is 3. The molecule has 2 N–H and O–H groups in total. The summed E-state index contributed by atoms with van der Waals surface area (Å²) in [5, 5.41) is 9.96. The van der Waals surface area contributed by atoms with Crippen LogP contribution >= 0.6 is 0 Å². The summed E-state index contributed by atoms with van der Waals surface area (Å²) in [5.41, 5.74) is 4.85. The number of esters is 1. The normalized spacial score (nSPS) is 24.4. The van der Waals surface area contributed by atoms with Crippen LogP contribution in [0.2, 0.25) is 0 Å². The van der Waals surface area contributed by atoms with E-state index in [1.165, 1.54) is 12.0 Å². The van der Waals surface area contributed by atoms with E-state index in [1.54, 1.807) is 24.3 Å². The lowest BCUT2D eigenvalue weighted by Gasteiger charge is -2.41. The minimum Gasteiger partial charge on any atom is -0.468 e. The molecule has 154 valence electrons. The third kappa shape index (κ3) is 2.48. The Balaban J connectivity index is 2.05. The molecule has 1 amide bonds. The standard InChI is InChI=1S/C22H21N3O5/c1-21(2)8-15(26)18-16(9-21)30-19(24)13(10-23)22(18)12-6-4-5-7-14(12)25(20(22)28)11-17(27)29-3/h4-7H,8-9,11,24H2,1-3H3/t22-/m1/s1. The van der Waals surface area contributed by atoms with Crippen LogP contribution in [0.5, 0.6) is 0 Å². The molecule has 1 aromatic rings. The zero-order valence-corrected chi connectivity index (χ0v) is 16.9. The molecule has 8 nitrogen and oxygen atoms in total. The minimum atomic E-state index is -1.73. The van der Waals surface area contributed by atoms with Crippen molar-refractivity contribution in [3.8, 4) is 6.07 Å². The predicted octanol–water partition coefficient (Wildman–Crippen LogP) is 1.81. The van der Waals surface area contributed by atoms with Crippen molar-refractivity contribution in [1.29, 1.82) is 5.26 Å². The molecular weight excluding hydrogens is 386 g/mol. The highest BCUT2D eigenvalue weighted by molar-refractivity contribution is 6.21. The van der Waals surface area contributed by atoms with E-state index in [4.69, 9.17) is 15.2 Å². The van der Waals surface area contributed by atoms with Gasteiger partial charge in [-0.3, -0.25) is 19.3 Å². The van der Waals surface area contributed by atoms with Gasteiger partial charge in [-0.05, 0) is 11.5 Å². The summed E-state index contributed by atoms with van der Waals surface area (Å²) >= 11 is 0. The number of rotatable bonds is 2. The number of benzene rings is 1. The first-order chi connectivity index (χ1) is 14.2. The van der Waals surface area contributed by atoms with Gasteiger partial charge >= 0.3 is 5.97 Å². The fourth-order valence-corrected chi connectivity index (χ4v) is 4.69. The van der Waals surface area contributed by atoms with Gasteiger partial charge in [-0.25, -0.2) is 0 Å². The number of amides is 1. The molecule has 0 aromatic heterocycles. The average molecular weight is 407 g/mol. The van der Waals surface area contributed by atoms with E-state index in [1.807, 2.05) is 19.9 Å². The summed E-state index contributed by atoms with van der Waals surface area (Å²) in [7, 11) is 1.23. The summed E-state index contributed by atoms with van der Waals surface area (Å²) in [4.78, 5) is 40.5. The smallest absolute Gasteiger partial charge is 0.325 e. The highest BCUT2D eigenvalue weighted by Crippen LogP contribution is 2.57. The van der Waals surface area contributed by atoms with Crippen molar-refractivity contribution in [2.75, 3.05) is 18.6 Å². The number of carbonyl (C=O) groups is 3. The van der Waals surface area contributed by atoms with Gasteiger partial charge in [-0.1, -0.05) is 32.0 Å². The highest BCUT2D eigenvalue weighted by atomic mass is 16.5. The second-order valence-corrected chi connectivity index (χ2v) is 8.43. The molecule has 4 rings (SSSR count). The van der Waals surface area contributed by atoms with Crippen molar-refractivity contribution in [2.45, 2.75) is 32.1 Å². The lowest BCUT2D eigenvalue weighted by atomic mass is 9.62. The number of ketones is 1. The van der Waals surface area contributed by atoms with E-state index < -0.39 is 17.3 Å². The maximum absolute atomic E-state index is 13.9. The number of methoxy groups -OCH3 is 1. The van der Waals surface area contributed by atoms with E-state index in [0.29, 0.717) is 23.4 Å². The maximum Gasteiger partial charge on any atom is 0.325 e. The lowest BCUT2D eigenvalue weighted by molar-refractivity contribution is -0.140. The summed E-state index contributed by atoms with van der Waals surface area (Å²) in [6, 6.07) is 8.78. The number of nitrogens with two attached hydrogens (primary N) is 1. The Morgan fingerprint density at radius 2 is 2.00 bits per heavy atom. The van der Waals surface area contributed by atoms with Crippen molar-refractivity contribution in [3.63, 3.8) is 0 Å². The Hall–Kier alpha value is -3.60. The van der Waals surface area contributed by atoms with E-state index in [2.05, 4.69) is 0 Å². The lowest BCUT2D eigenvalue weighted by Crippen LogP contribution is -2.51. The first-order valence-electron chi connectivity index (χ1n) is 9.50. The number of allylic oxidation sites excluding steroid dienone is 1. The van der Waals surface area contributed by atoms with E-state index in [-0.39, 0.29) is 41.2 Å². The number of nitriles is 1. The van der Waals surface area contributed by atoms with E-state index >= 15 is 0 Å². The number of carbonyl (C=O) groups excluding carboxylic acids is 3. The van der Waals surface area contributed by atoms with Crippen molar-refractivity contribution < 1.29 is 23.9 Å². The van der Waals surface area contributed by atoms with Crippen LogP contribution in [0.15, 0.2) is 47.1 Å². The van der Waals surface area contributed by atoms with Crippen molar-refractivity contribution >= 4 is 23.3 Å². The number of para-hydroxylation sites is 1. The molecule has 0 unspecified atom stereocenters. The monoisotopic (exact) mass is 407 g/mol. The number of nitrogens with zero attached hydrogens (tertiary/aromatic N) is 2. The van der Waals surface area contributed by atoms with Crippen LogP contribution in [0, 0.1) is 16.7 Å². The van der Waals surface area contributed by atoms with Crippen LogP contribution in [-0.2, 0) is 29.3 Å². The van der Waals surface area contributed by atoms with Crippen LogP contribution < -0.4 is 10.6 Å². The maximum atomic E-state index is 13.9. The summed E-state index contributed by atoms with van der Waals surface area (Å²) < 4.78 is 10.5. The van der Waals surface area contributed by atoms with Crippen LogP contribution in [0.3, 0.4) is 0 Å². The van der Waals surface area contributed by atoms with Crippen LogP contribution in [0.25, 0.3) is 0 Å². The first-order valence-corrected chi connectivity index (χ1v) is 9.50. The third-order valence-electron chi connectivity index (χ3n) is 5.86. The second-order valence-electron chi connectivity index (χ2n) is 8.43. The molecule has 0 saturated carbocycles. The summed E-state index contributed by atoms with van der Waals surface area (Å²) in [6.45, 7) is 3.51. The molecule has 1 atom stereocenters. The van der Waals surface area contributed by atoms with Crippen LogP contribution in [0.1, 0.15) is 32.3 Å². The predicted molar refractivity (Wildman–Crippen MR) is 105 cm³/mol. The van der Waals surface area contributed by atoms with Crippen molar-refractivity contribution in [2.24, 2.45) is 11.1 Å². The molecule has 2 aliphatic heterocycles. The first kappa shape index (κ1) is 19.7. The fourth-order valence-electron chi connectivity index (χ4n) is 4.69. The Labute approximate surface area is 173 Å². The largest absolute Gasteiger partial charge is 0.468 e. The molecule has 1 aliphatic carbocycles. The zero-order valence-electron chi connectivity index (χ0n) is 16.9. The zero-order chi connectivity index (χ0) is 21.8. The topological polar surface area (TPSA) is 123 Å². The molecule has 0 radical (unpaired) electrons. The Morgan fingerprint density at radius 1 is 1.30 bits per heavy atom. The fraction of sp³-hybridized carbons (Fsp3) is 0.364. The molecule has 8 heteroatoms. The molecule has 1 spiro atoms. The van der Waals surface area contributed by atoms with Crippen LogP contribution in [-0.4, -0.2) is 31.3 Å². The molecule has 0 fully saturated rings. The van der Waals surface area contributed by atoms with Crippen molar-refractivity contribution in [3.05, 3.63) is 52.6 Å². The molecule has 0 bridgehead atoms. The number of anilines is 1. The summed E-state index contributed by atoms with van der Waals surface area (Å²) in [5.74, 6) is -1.38. The molecular formula is C22H21N3O5. The van der Waals surface area contributed by atoms with Gasteiger partial charge in [0, 0.05) is 24.1 Å². The van der Waals surface area contributed by atoms with Gasteiger partial charge in [0.25, 0.3) is 0 Å². The number of ether oxygens (including phenoxy) is 2. The van der Waals surface area contributed by atoms with Gasteiger partial charge in [-0.15, -0.1) is 0 Å². The van der Waals surface area contributed by atoms with Gasteiger partial charge in [0.15, 0.2) is 5.78 Å². The molecule has 1 aromatic carbocycles. The number of hydrogen-bond acceptors (Lipinski definition) is 7. The van der Waals surface area contributed by atoms with Gasteiger partial charge in [0.1, 0.15) is 29.4 Å². The molecule has 3 aliphatic rings. The Kier molecular flexibility index (Phi) is 4.24. The van der Waals surface area contributed by atoms with Crippen LogP contribution in [0.4, 0.5) is 5.69 Å². The quantitative estimate of drug-likeness (QED) is 0.742. The van der Waals surface area contributed by atoms with E-state index in [0.717, 1.165) is 0 Å². The van der Waals surface area contributed by atoms with Gasteiger partial charge in [-0.2, -0.15) is 5.26 Å². The van der Waals surface area contributed by atoms with E-state index in [9.17, 15) is 19.6 Å². The second kappa shape index (κ2) is 6.46. The summed E-state index contributed by atoms with van der Waals surface area (Å²) in [6.07, 6.45) is 0.587. The Morgan fingerprint density at radius 3 is 2.67 bits per heavy atom. The third-order valence-corrected chi connectivity index (χ3v) is 5.86. The Bertz CT molecular complexity index is 1110.